The van der Waals surface area contributed by atoms with Gasteiger partial charge in [0.05, 0.1) is 12.7 Å². The van der Waals surface area contributed by atoms with Crippen LogP contribution in [0.15, 0.2) is 11.6 Å². The highest BCUT2D eigenvalue weighted by Crippen LogP contribution is 2.62. The van der Waals surface area contributed by atoms with Crippen LogP contribution in [0.25, 0.3) is 0 Å². The van der Waals surface area contributed by atoms with Crippen LogP contribution in [0.5, 0.6) is 0 Å². The van der Waals surface area contributed by atoms with E-state index in [4.69, 9.17) is 9.47 Å². The fourth-order valence-electron chi connectivity index (χ4n) is 6.66. The maximum absolute atomic E-state index is 11.5. The first kappa shape index (κ1) is 22.3. The number of carbonyl (C=O) groups is 2. The summed E-state index contributed by atoms with van der Waals surface area (Å²) >= 11 is 0. The molecule has 3 rings (SSSR count). The van der Waals surface area contributed by atoms with Gasteiger partial charge in [-0.3, -0.25) is 9.59 Å². The third-order valence-electron chi connectivity index (χ3n) is 8.14. The van der Waals surface area contributed by atoms with Gasteiger partial charge >= 0.3 is 11.9 Å². The number of ether oxygens (including phenoxy) is 2. The van der Waals surface area contributed by atoms with E-state index in [0.29, 0.717) is 18.4 Å². The molecule has 2 fully saturated rings. The largest absolute Gasteiger partial charge is 0.465 e. The van der Waals surface area contributed by atoms with E-state index >= 15 is 0 Å². The molecule has 0 heterocycles. The zero-order chi connectivity index (χ0) is 21.4. The Bertz CT molecular complexity index is 670. The lowest BCUT2D eigenvalue weighted by atomic mass is 9.46. The second-order valence-electron chi connectivity index (χ2n) is 10.1. The summed E-state index contributed by atoms with van der Waals surface area (Å²) in [5.41, 5.74) is 1.22. The number of esters is 2. The molecule has 3 unspecified atom stereocenters. The summed E-state index contributed by atoms with van der Waals surface area (Å²) < 4.78 is 11.0. The highest BCUT2D eigenvalue weighted by Gasteiger charge is 2.57. The van der Waals surface area contributed by atoms with Crippen LogP contribution in [0.4, 0.5) is 0 Å². The fraction of sp³-hybridized carbons (Fsp3) is 0.833. The Balaban J connectivity index is 1.89. The van der Waals surface area contributed by atoms with Crippen molar-refractivity contribution in [3.63, 3.8) is 0 Å². The number of aliphatic hydroxyl groups excluding tert-OH is 1. The van der Waals surface area contributed by atoms with E-state index in [2.05, 4.69) is 26.8 Å². The minimum atomic E-state index is -0.493. The quantitative estimate of drug-likeness (QED) is 0.540. The van der Waals surface area contributed by atoms with Crippen molar-refractivity contribution in [3.8, 4) is 0 Å². The van der Waals surface area contributed by atoms with Gasteiger partial charge in [0.15, 0.2) is 0 Å². The molecule has 5 nitrogen and oxygen atoms in total. The molecule has 0 aliphatic heterocycles. The van der Waals surface area contributed by atoms with Crippen LogP contribution < -0.4 is 0 Å². The van der Waals surface area contributed by atoms with Gasteiger partial charge in [-0.1, -0.05) is 38.8 Å². The molecule has 0 saturated heterocycles. The van der Waals surface area contributed by atoms with E-state index in [1.165, 1.54) is 19.4 Å². The minimum absolute atomic E-state index is 0.0509. The van der Waals surface area contributed by atoms with Gasteiger partial charge in [0.25, 0.3) is 0 Å². The first-order valence-corrected chi connectivity index (χ1v) is 11.3. The number of carbonyl (C=O) groups excluding carboxylic acids is 2. The molecule has 0 spiro atoms. The Morgan fingerprint density at radius 1 is 1.17 bits per heavy atom. The SMILES string of the molecule is CCCC1C2C(CC[C@]1(C)COC(C)=O)[C@@]1(C)CC[C@H](OC(C)=O)CC1=C[C@@H]2O. The Kier molecular flexibility index (Phi) is 6.47. The first-order chi connectivity index (χ1) is 13.6. The number of aliphatic hydroxyl groups is 1. The van der Waals surface area contributed by atoms with E-state index in [-0.39, 0.29) is 34.8 Å². The van der Waals surface area contributed by atoms with Crippen LogP contribution in [0, 0.1) is 28.6 Å². The second-order valence-corrected chi connectivity index (χ2v) is 10.1. The highest BCUT2D eigenvalue weighted by molar-refractivity contribution is 5.66. The summed E-state index contributed by atoms with van der Waals surface area (Å²) in [6.07, 6.45) is 8.24. The van der Waals surface area contributed by atoms with Crippen LogP contribution in [0.1, 0.15) is 79.6 Å². The lowest BCUT2D eigenvalue weighted by Gasteiger charge is -2.59. The molecule has 3 aliphatic rings. The molecular formula is C24H38O5. The van der Waals surface area contributed by atoms with Crippen molar-refractivity contribution < 1.29 is 24.2 Å². The summed E-state index contributed by atoms with van der Waals surface area (Å²) in [6.45, 7) is 10.1. The monoisotopic (exact) mass is 406 g/mol. The number of hydrogen-bond donors (Lipinski definition) is 1. The fourth-order valence-corrected chi connectivity index (χ4v) is 6.66. The Labute approximate surface area is 175 Å². The standard InChI is InChI=1S/C24H38O5/c1-6-7-19-22-20(9-10-23(19,4)14-28-15(2)25)24(5)11-8-18(29-16(3)26)12-17(24)13-21(22)27/h13,18-22,27H,6-12,14H2,1-5H3/t18-,19?,20?,21-,22?,23+,24-/m0/s1. The number of rotatable bonds is 5. The molecule has 7 atom stereocenters. The molecule has 2 saturated carbocycles. The average Bonchev–Trinajstić information content (AvgIpc) is 2.63. The molecule has 5 heteroatoms. The van der Waals surface area contributed by atoms with E-state index in [1.807, 2.05) is 0 Å². The zero-order valence-electron chi connectivity index (χ0n) is 18.7. The third kappa shape index (κ3) is 4.26. The average molecular weight is 407 g/mol. The third-order valence-corrected chi connectivity index (χ3v) is 8.14. The van der Waals surface area contributed by atoms with E-state index in [9.17, 15) is 14.7 Å². The molecule has 0 bridgehead atoms. The zero-order valence-corrected chi connectivity index (χ0v) is 18.7. The Hall–Kier alpha value is -1.36. The smallest absolute Gasteiger partial charge is 0.302 e. The molecule has 0 aromatic heterocycles. The van der Waals surface area contributed by atoms with Gasteiger partial charge < -0.3 is 14.6 Å². The van der Waals surface area contributed by atoms with Crippen molar-refractivity contribution in [1.29, 1.82) is 0 Å². The summed E-state index contributed by atoms with van der Waals surface area (Å²) in [7, 11) is 0. The summed E-state index contributed by atoms with van der Waals surface area (Å²) in [5, 5.41) is 11.2. The van der Waals surface area contributed by atoms with Crippen LogP contribution in [0.3, 0.4) is 0 Å². The highest BCUT2D eigenvalue weighted by atomic mass is 16.5. The van der Waals surface area contributed by atoms with Gasteiger partial charge in [0.1, 0.15) is 6.10 Å². The van der Waals surface area contributed by atoms with Gasteiger partial charge in [0.2, 0.25) is 0 Å². The van der Waals surface area contributed by atoms with Crippen LogP contribution in [0.2, 0.25) is 0 Å². The molecule has 29 heavy (non-hydrogen) atoms. The van der Waals surface area contributed by atoms with Crippen molar-refractivity contribution in [2.24, 2.45) is 28.6 Å². The predicted octanol–water partition coefficient (Wildman–Crippen LogP) is 4.42. The predicted molar refractivity (Wildman–Crippen MR) is 111 cm³/mol. The normalized spacial score (nSPS) is 41.6. The van der Waals surface area contributed by atoms with Gasteiger partial charge in [-0.2, -0.15) is 0 Å². The molecule has 0 radical (unpaired) electrons. The van der Waals surface area contributed by atoms with Crippen LogP contribution in [-0.2, 0) is 19.1 Å². The van der Waals surface area contributed by atoms with Crippen molar-refractivity contribution in [1.82, 2.24) is 0 Å². The van der Waals surface area contributed by atoms with Crippen molar-refractivity contribution in [3.05, 3.63) is 11.6 Å². The molecule has 0 amide bonds. The van der Waals surface area contributed by atoms with Crippen molar-refractivity contribution >= 4 is 11.9 Å². The Morgan fingerprint density at radius 3 is 2.52 bits per heavy atom. The van der Waals surface area contributed by atoms with E-state index < -0.39 is 6.10 Å². The van der Waals surface area contributed by atoms with Crippen molar-refractivity contribution in [2.75, 3.05) is 6.61 Å². The lowest BCUT2D eigenvalue weighted by molar-refractivity contribution is -0.155. The van der Waals surface area contributed by atoms with Gasteiger partial charge in [-0.15, -0.1) is 0 Å². The van der Waals surface area contributed by atoms with Crippen LogP contribution in [-0.4, -0.2) is 35.9 Å². The lowest BCUT2D eigenvalue weighted by Crippen LogP contribution is -2.56. The molecule has 3 aliphatic carbocycles. The van der Waals surface area contributed by atoms with E-state index in [1.54, 1.807) is 0 Å². The summed E-state index contributed by atoms with van der Waals surface area (Å²) in [6, 6.07) is 0. The van der Waals surface area contributed by atoms with E-state index in [0.717, 1.165) is 44.9 Å². The Morgan fingerprint density at radius 2 is 1.90 bits per heavy atom. The molecule has 1 N–H and O–H groups in total. The number of fused-ring (bicyclic) bond motifs is 3. The molecule has 0 aromatic rings. The summed E-state index contributed by atoms with van der Waals surface area (Å²) in [4.78, 5) is 22.9. The van der Waals surface area contributed by atoms with Gasteiger partial charge in [0, 0.05) is 25.7 Å². The van der Waals surface area contributed by atoms with Gasteiger partial charge in [-0.25, -0.2) is 0 Å². The molecule has 0 aromatic carbocycles. The topological polar surface area (TPSA) is 72.8 Å². The molecular weight excluding hydrogens is 368 g/mol. The van der Waals surface area contributed by atoms with Crippen molar-refractivity contribution in [2.45, 2.75) is 91.8 Å². The minimum Gasteiger partial charge on any atom is -0.465 e. The van der Waals surface area contributed by atoms with Crippen LogP contribution >= 0.6 is 0 Å². The maximum Gasteiger partial charge on any atom is 0.302 e. The number of hydrogen-bond acceptors (Lipinski definition) is 5. The van der Waals surface area contributed by atoms with Gasteiger partial charge in [-0.05, 0) is 55.3 Å². The second kappa shape index (κ2) is 8.41. The molecule has 164 valence electrons. The maximum atomic E-state index is 11.5. The summed E-state index contributed by atoms with van der Waals surface area (Å²) in [5.74, 6) is 0.462. The first-order valence-electron chi connectivity index (χ1n) is 11.3.